The summed E-state index contributed by atoms with van der Waals surface area (Å²) in [6, 6.07) is -1.12. The lowest BCUT2D eigenvalue weighted by Gasteiger charge is -2.27. The number of nitrogens with two attached hydrogens (primary N) is 1. The number of carbonyl (C=O) groups excluding carboxylic acids is 1. The van der Waals surface area contributed by atoms with E-state index in [-0.39, 0.29) is 29.7 Å². The lowest BCUT2D eigenvalue weighted by Crippen LogP contribution is -2.46. The number of carboxylic acids is 1. The molecule has 106 valence electrons. The van der Waals surface area contributed by atoms with Crippen LogP contribution in [0.25, 0.3) is 0 Å². The molecular formula is C13H26N2O3. The average Bonchev–Trinajstić information content (AvgIpc) is 2.13. The van der Waals surface area contributed by atoms with Crippen molar-refractivity contribution in [1.29, 1.82) is 0 Å². The molecule has 18 heavy (non-hydrogen) atoms. The van der Waals surface area contributed by atoms with E-state index in [4.69, 9.17) is 10.8 Å². The Labute approximate surface area is 109 Å². The van der Waals surface area contributed by atoms with Crippen LogP contribution in [0.3, 0.4) is 0 Å². The highest BCUT2D eigenvalue weighted by Crippen LogP contribution is 2.19. The van der Waals surface area contributed by atoms with Crippen LogP contribution in [0, 0.1) is 11.3 Å². The SMILES string of the molecule is CC(C)C[C@H](NC(=O)CC(N)C(C)(C)C)C(=O)O. The van der Waals surface area contributed by atoms with Crippen LogP contribution in [0.2, 0.25) is 0 Å². The quantitative estimate of drug-likeness (QED) is 0.671. The van der Waals surface area contributed by atoms with Crippen molar-refractivity contribution in [3.63, 3.8) is 0 Å². The number of amides is 1. The van der Waals surface area contributed by atoms with Gasteiger partial charge in [-0.2, -0.15) is 0 Å². The molecule has 5 nitrogen and oxygen atoms in total. The molecule has 2 atom stereocenters. The first kappa shape index (κ1) is 16.9. The molecule has 0 aliphatic rings. The molecular weight excluding hydrogens is 232 g/mol. The first-order chi connectivity index (χ1) is 8.04. The van der Waals surface area contributed by atoms with Crippen molar-refractivity contribution in [2.24, 2.45) is 17.1 Å². The Morgan fingerprint density at radius 1 is 1.28 bits per heavy atom. The molecule has 0 aromatic carbocycles. The Kier molecular flexibility index (Phi) is 6.32. The monoisotopic (exact) mass is 258 g/mol. The summed E-state index contributed by atoms with van der Waals surface area (Å²) in [4.78, 5) is 22.7. The van der Waals surface area contributed by atoms with Gasteiger partial charge in [-0.05, 0) is 17.8 Å². The normalized spacial score (nSPS) is 15.3. The molecule has 0 saturated carbocycles. The summed E-state index contributed by atoms with van der Waals surface area (Å²) in [7, 11) is 0. The number of hydrogen-bond donors (Lipinski definition) is 3. The third kappa shape index (κ3) is 6.59. The fourth-order valence-electron chi connectivity index (χ4n) is 1.45. The van der Waals surface area contributed by atoms with Crippen molar-refractivity contribution < 1.29 is 14.7 Å². The molecule has 5 heteroatoms. The molecule has 1 amide bonds. The van der Waals surface area contributed by atoms with Gasteiger partial charge in [-0.3, -0.25) is 4.79 Å². The molecule has 0 radical (unpaired) electrons. The van der Waals surface area contributed by atoms with Gasteiger partial charge in [0.2, 0.25) is 5.91 Å². The predicted octanol–water partition coefficient (Wildman–Crippen LogP) is 1.37. The summed E-state index contributed by atoms with van der Waals surface area (Å²) in [5, 5.41) is 11.6. The molecule has 0 saturated heterocycles. The lowest BCUT2D eigenvalue weighted by atomic mass is 9.85. The molecule has 0 aromatic rings. The summed E-state index contributed by atoms with van der Waals surface area (Å²) < 4.78 is 0. The maximum atomic E-state index is 11.7. The van der Waals surface area contributed by atoms with Gasteiger partial charge in [0, 0.05) is 12.5 Å². The molecule has 4 N–H and O–H groups in total. The minimum atomic E-state index is -0.999. The summed E-state index contributed by atoms with van der Waals surface area (Å²) >= 11 is 0. The third-order valence-corrected chi connectivity index (χ3v) is 2.86. The minimum Gasteiger partial charge on any atom is -0.480 e. The summed E-state index contributed by atoms with van der Waals surface area (Å²) in [6.07, 6.45) is 0.567. The molecule has 1 unspecified atom stereocenters. The Bertz CT molecular complexity index is 295. The molecule has 0 bridgehead atoms. The van der Waals surface area contributed by atoms with Gasteiger partial charge < -0.3 is 16.2 Å². The van der Waals surface area contributed by atoms with Crippen LogP contribution in [0.15, 0.2) is 0 Å². The zero-order valence-corrected chi connectivity index (χ0v) is 12.0. The number of aliphatic carboxylic acids is 1. The molecule has 0 fully saturated rings. The zero-order chi connectivity index (χ0) is 14.5. The van der Waals surface area contributed by atoms with E-state index >= 15 is 0 Å². The lowest BCUT2D eigenvalue weighted by molar-refractivity contribution is -0.142. The van der Waals surface area contributed by atoms with Crippen molar-refractivity contribution in [1.82, 2.24) is 5.32 Å². The Balaban J connectivity index is 4.39. The molecule has 0 spiro atoms. The average molecular weight is 258 g/mol. The van der Waals surface area contributed by atoms with E-state index in [1.807, 2.05) is 34.6 Å². The molecule has 0 aromatic heterocycles. The fraction of sp³-hybridized carbons (Fsp3) is 0.846. The van der Waals surface area contributed by atoms with E-state index in [9.17, 15) is 9.59 Å². The van der Waals surface area contributed by atoms with E-state index in [0.717, 1.165) is 0 Å². The van der Waals surface area contributed by atoms with Gasteiger partial charge >= 0.3 is 5.97 Å². The standard InChI is InChI=1S/C13H26N2O3/c1-8(2)6-9(12(17)18)15-11(16)7-10(14)13(3,4)5/h8-10H,6-7,14H2,1-5H3,(H,15,16)(H,17,18)/t9-,10?/m0/s1. The van der Waals surface area contributed by atoms with E-state index < -0.39 is 12.0 Å². The van der Waals surface area contributed by atoms with Gasteiger partial charge in [-0.15, -0.1) is 0 Å². The Morgan fingerprint density at radius 2 is 1.78 bits per heavy atom. The van der Waals surface area contributed by atoms with Crippen molar-refractivity contribution in [2.75, 3.05) is 0 Å². The molecule has 0 heterocycles. The summed E-state index contributed by atoms with van der Waals surface area (Å²) in [5.74, 6) is -1.09. The highest BCUT2D eigenvalue weighted by Gasteiger charge is 2.26. The van der Waals surface area contributed by atoms with Crippen molar-refractivity contribution in [2.45, 2.75) is 59.5 Å². The fourth-order valence-corrected chi connectivity index (χ4v) is 1.45. The highest BCUT2D eigenvalue weighted by atomic mass is 16.4. The maximum Gasteiger partial charge on any atom is 0.326 e. The maximum absolute atomic E-state index is 11.7. The zero-order valence-electron chi connectivity index (χ0n) is 12.0. The molecule has 0 rings (SSSR count). The first-order valence-corrected chi connectivity index (χ1v) is 6.31. The number of rotatable bonds is 6. The smallest absolute Gasteiger partial charge is 0.326 e. The molecule has 0 aliphatic heterocycles. The number of hydrogen-bond acceptors (Lipinski definition) is 3. The van der Waals surface area contributed by atoms with Crippen molar-refractivity contribution in [3.05, 3.63) is 0 Å². The van der Waals surface area contributed by atoms with Gasteiger partial charge in [0.05, 0.1) is 0 Å². The summed E-state index contributed by atoms with van der Waals surface area (Å²) in [5.41, 5.74) is 5.72. The largest absolute Gasteiger partial charge is 0.480 e. The molecule has 0 aliphatic carbocycles. The van der Waals surface area contributed by atoms with E-state index in [0.29, 0.717) is 6.42 Å². The minimum absolute atomic E-state index is 0.144. The topological polar surface area (TPSA) is 92.4 Å². The van der Waals surface area contributed by atoms with Gasteiger partial charge in [0.1, 0.15) is 6.04 Å². The first-order valence-electron chi connectivity index (χ1n) is 6.31. The van der Waals surface area contributed by atoms with Gasteiger partial charge in [-0.1, -0.05) is 34.6 Å². The predicted molar refractivity (Wildman–Crippen MR) is 71.1 cm³/mol. The van der Waals surface area contributed by atoms with Crippen LogP contribution in [0.5, 0.6) is 0 Å². The van der Waals surface area contributed by atoms with Gasteiger partial charge in [-0.25, -0.2) is 4.79 Å². The van der Waals surface area contributed by atoms with Crippen LogP contribution in [0.4, 0.5) is 0 Å². The van der Waals surface area contributed by atoms with Crippen LogP contribution >= 0.6 is 0 Å². The van der Waals surface area contributed by atoms with Crippen LogP contribution < -0.4 is 11.1 Å². The second-order valence-corrected chi connectivity index (χ2v) is 6.26. The van der Waals surface area contributed by atoms with Gasteiger partial charge in [0.25, 0.3) is 0 Å². The van der Waals surface area contributed by atoms with Crippen LogP contribution in [-0.2, 0) is 9.59 Å². The van der Waals surface area contributed by atoms with Crippen molar-refractivity contribution in [3.8, 4) is 0 Å². The van der Waals surface area contributed by atoms with E-state index in [2.05, 4.69) is 5.32 Å². The van der Waals surface area contributed by atoms with E-state index in [1.165, 1.54) is 0 Å². The van der Waals surface area contributed by atoms with Crippen molar-refractivity contribution >= 4 is 11.9 Å². The number of carboxylic acid groups (broad SMARTS) is 1. The number of nitrogens with one attached hydrogen (secondary N) is 1. The highest BCUT2D eigenvalue weighted by molar-refractivity contribution is 5.83. The third-order valence-electron chi connectivity index (χ3n) is 2.86. The second kappa shape index (κ2) is 6.73. The second-order valence-electron chi connectivity index (χ2n) is 6.26. The summed E-state index contributed by atoms with van der Waals surface area (Å²) in [6.45, 7) is 9.70. The van der Waals surface area contributed by atoms with Gasteiger partial charge in [0.15, 0.2) is 0 Å². The Hall–Kier alpha value is -1.10. The Morgan fingerprint density at radius 3 is 2.11 bits per heavy atom. The van der Waals surface area contributed by atoms with E-state index in [1.54, 1.807) is 0 Å². The van der Waals surface area contributed by atoms with Crippen LogP contribution in [0.1, 0.15) is 47.5 Å². The van der Waals surface area contributed by atoms with Crippen LogP contribution in [-0.4, -0.2) is 29.1 Å². The number of carbonyl (C=O) groups is 2.